The van der Waals surface area contributed by atoms with Gasteiger partial charge in [-0.05, 0) is 66.3 Å². The molecule has 1 aliphatic rings. The lowest BCUT2D eigenvalue weighted by molar-refractivity contribution is 0.0697. The SMILES string of the molecule is CCCCCC1CCC(c2ccccc2-c2ccc(C(=O)O)cc2)CC1. The van der Waals surface area contributed by atoms with E-state index in [9.17, 15) is 4.79 Å². The first-order valence-corrected chi connectivity index (χ1v) is 10.1. The molecule has 0 amide bonds. The van der Waals surface area contributed by atoms with Gasteiger partial charge in [0, 0.05) is 0 Å². The summed E-state index contributed by atoms with van der Waals surface area (Å²) in [7, 11) is 0. The summed E-state index contributed by atoms with van der Waals surface area (Å²) in [6.07, 6.45) is 10.7. The summed E-state index contributed by atoms with van der Waals surface area (Å²) in [6, 6.07) is 16.0. The molecular weight excluding hydrogens is 320 g/mol. The molecule has 0 bridgehead atoms. The quantitative estimate of drug-likeness (QED) is 0.551. The lowest BCUT2D eigenvalue weighted by Gasteiger charge is -2.30. The Hall–Kier alpha value is -2.09. The Bertz CT molecular complexity index is 709. The largest absolute Gasteiger partial charge is 0.478 e. The van der Waals surface area contributed by atoms with E-state index in [4.69, 9.17) is 5.11 Å². The van der Waals surface area contributed by atoms with Crippen LogP contribution in [0.5, 0.6) is 0 Å². The lowest BCUT2D eigenvalue weighted by Crippen LogP contribution is -2.14. The number of hydrogen-bond acceptors (Lipinski definition) is 1. The molecule has 0 heterocycles. The van der Waals surface area contributed by atoms with Crippen LogP contribution in [0.15, 0.2) is 48.5 Å². The van der Waals surface area contributed by atoms with E-state index in [1.165, 1.54) is 62.5 Å². The summed E-state index contributed by atoms with van der Waals surface area (Å²) in [5, 5.41) is 9.11. The number of carboxylic acids is 1. The summed E-state index contributed by atoms with van der Waals surface area (Å²) in [6.45, 7) is 2.27. The van der Waals surface area contributed by atoms with E-state index in [2.05, 4.69) is 31.2 Å². The van der Waals surface area contributed by atoms with Gasteiger partial charge >= 0.3 is 5.97 Å². The van der Waals surface area contributed by atoms with Gasteiger partial charge in [-0.3, -0.25) is 0 Å². The summed E-state index contributed by atoms with van der Waals surface area (Å²) in [5.41, 5.74) is 4.16. The number of carboxylic acid groups (broad SMARTS) is 1. The predicted octanol–water partition coefficient (Wildman–Crippen LogP) is 6.91. The third kappa shape index (κ3) is 4.55. The molecule has 3 rings (SSSR count). The molecule has 0 aromatic heterocycles. The zero-order chi connectivity index (χ0) is 18.4. The first kappa shape index (κ1) is 18.7. The number of unbranched alkanes of at least 4 members (excludes halogenated alkanes) is 2. The first-order chi connectivity index (χ1) is 12.7. The molecule has 1 N–H and O–H groups in total. The van der Waals surface area contributed by atoms with Crippen LogP contribution in [0.1, 0.15) is 80.1 Å². The fourth-order valence-electron chi connectivity index (χ4n) is 4.35. The Kier molecular flexibility index (Phi) is 6.49. The van der Waals surface area contributed by atoms with Gasteiger partial charge in [0.15, 0.2) is 0 Å². The van der Waals surface area contributed by atoms with Crippen molar-refractivity contribution >= 4 is 5.97 Å². The van der Waals surface area contributed by atoms with E-state index in [1.54, 1.807) is 12.1 Å². The van der Waals surface area contributed by atoms with E-state index in [0.29, 0.717) is 11.5 Å². The van der Waals surface area contributed by atoms with Crippen molar-refractivity contribution in [2.45, 2.75) is 64.2 Å². The first-order valence-electron chi connectivity index (χ1n) is 10.1. The fraction of sp³-hybridized carbons (Fsp3) is 0.458. The number of carbonyl (C=O) groups is 1. The molecule has 1 fully saturated rings. The van der Waals surface area contributed by atoms with Crippen LogP contribution in [0.3, 0.4) is 0 Å². The molecule has 2 aromatic rings. The topological polar surface area (TPSA) is 37.3 Å². The van der Waals surface area contributed by atoms with Crippen LogP contribution in [-0.4, -0.2) is 11.1 Å². The summed E-state index contributed by atoms with van der Waals surface area (Å²) < 4.78 is 0. The standard InChI is InChI=1S/C24H30O2/c1-2-3-4-7-18-10-12-19(13-11-18)22-8-5-6-9-23(22)20-14-16-21(17-15-20)24(25)26/h5-6,8-9,14-19H,2-4,7,10-13H2,1H3,(H,25,26). The van der Waals surface area contributed by atoms with Crippen molar-refractivity contribution in [2.24, 2.45) is 5.92 Å². The molecule has 2 nitrogen and oxygen atoms in total. The second-order valence-electron chi connectivity index (χ2n) is 7.68. The highest BCUT2D eigenvalue weighted by Crippen LogP contribution is 2.41. The van der Waals surface area contributed by atoms with Crippen molar-refractivity contribution in [3.8, 4) is 11.1 Å². The van der Waals surface area contributed by atoms with Crippen molar-refractivity contribution < 1.29 is 9.90 Å². The van der Waals surface area contributed by atoms with Crippen LogP contribution >= 0.6 is 0 Å². The lowest BCUT2D eigenvalue weighted by atomic mass is 9.75. The predicted molar refractivity (Wildman–Crippen MR) is 108 cm³/mol. The van der Waals surface area contributed by atoms with Gasteiger partial charge in [-0.2, -0.15) is 0 Å². The van der Waals surface area contributed by atoms with Gasteiger partial charge in [0.2, 0.25) is 0 Å². The highest BCUT2D eigenvalue weighted by molar-refractivity contribution is 5.88. The van der Waals surface area contributed by atoms with E-state index in [0.717, 1.165) is 11.5 Å². The maximum absolute atomic E-state index is 11.1. The van der Waals surface area contributed by atoms with Crippen LogP contribution in [-0.2, 0) is 0 Å². The van der Waals surface area contributed by atoms with E-state index >= 15 is 0 Å². The molecule has 0 atom stereocenters. The number of benzene rings is 2. The second-order valence-corrected chi connectivity index (χ2v) is 7.68. The van der Waals surface area contributed by atoms with E-state index in [-0.39, 0.29) is 0 Å². The highest BCUT2D eigenvalue weighted by atomic mass is 16.4. The minimum Gasteiger partial charge on any atom is -0.478 e. The Balaban J connectivity index is 1.71. The molecule has 0 spiro atoms. The van der Waals surface area contributed by atoms with Crippen molar-refractivity contribution in [1.82, 2.24) is 0 Å². The van der Waals surface area contributed by atoms with Gasteiger partial charge in [0.25, 0.3) is 0 Å². The van der Waals surface area contributed by atoms with Gasteiger partial charge in [0.05, 0.1) is 5.56 Å². The van der Waals surface area contributed by atoms with Gasteiger partial charge in [-0.25, -0.2) is 4.79 Å². The monoisotopic (exact) mass is 350 g/mol. The molecule has 1 saturated carbocycles. The van der Waals surface area contributed by atoms with Crippen molar-refractivity contribution in [3.05, 3.63) is 59.7 Å². The third-order valence-electron chi connectivity index (χ3n) is 5.91. The van der Waals surface area contributed by atoms with Crippen LogP contribution in [0.4, 0.5) is 0 Å². The van der Waals surface area contributed by atoms with E-state index < -0.39 is 5.97 Å². The minimum atomic E-state index is -0.869. The molecule has 0 radical (unpaired) electrons. The fourth-order valence-corrected chi connectivity index (χ4v) is 4.35. The maximum atomic E-state index is 11.1. The van der Waals surface area contributed by atoms with Gasteiger partial charge in [-0.1, -0.05) is 69.0 Å². The van der Waals surface area contributed by atoms with Crippen LogP contribution in [0, 0.1) is 5.92 Å². The molecule has 1 aliphatic carbocycles. The molecule has 2 aromatic carbocycles. The number of rotatable bonds is 7. The summed E-state index contributed by atoms with van der Waals surface area (Å²) >= 11 is 0. The smallest absolute Gasteiger partial charge is 0.335 e. The molecule has 26 heavy (non-hydrogen) atoms. The van der Waals surface area contributed by atoms with Crippen LogP contribution < -0.4 is 0 Å². The normalized spacial score (nSPS) is 20.0. The summed E-state index contributed by atoms with van der Waals surface area (Å²) in [5.74, 6) is 0.679. The Morgan fingerprint density at radius 2 is 1.65 bits per heavy atom. The molecule has 138 valence electrons. The minimum absolute atomic E-state index is 0.346. The van der Waals surface area contributed by atoms with Gasteiger partial charge in [-0.15, -0.1) is 0 Å². The molecular formula is C24H30O2. The van der Waals surface area contributed by atoms with Gasteiger partial charge in [0.1, 0.15) is 0 Å². The van der Waals surface area contributed by atoms with Crippen molar-refractivity contribution in [3.63, 3.8) is 0 Å². The number of aromatic carboxylic acids is 1. The average Bonchev–Trinajstić information content (AvgIpc) is 2.69. The zero-order valence-electron chi connectivity index (χ0n) is 15.8. The Labute approximate surface area is 157 Å². The summed E-state index contributed by atoms with van der Waals surface area (Å²) in [4.78, 5) is 11.1. The maximum Gasteiger partial charge on any atom is 0.335 e. The Morgan fingerprint density at radius 1 is 0.962 bits per heavy atom. The third-order valence-corrected chi connectivity index (χ3v) is 5.91. The molecule has 0 unspecified atom stereocenters. The zero-order valence-corrected chi connectivity index (χ0v) is 15.8. The second kappa shape index (κ2) is 9.02. The van der Waals surface area contributed by atoms with Crippen LogP contribution in [0.2, 0.25) is 0 Å². The number of hydrogen-bond donors (Lipinski definition) is 1. The van der Waals surface area contributed by atoms with Crippen LogP contribution in [0.25, 0.3) is 11.1 Å². The van der Waals surface area contributed by atoms with Crippen molar-refractivity contribution in [1.29, 1.82) is 0 Å². The van der Waals surface area contributed by atoms with Crippen molar-refractivity contribution in [2.75, 3.05) is 0 Å². The molecule has 2 heteroatoms. The highest BCUT2D eigenvalue weighted by Gasteiger charge is 2.24. The Morgan fingerprint density at radius 3 is 2.31 bits per heavy atom. The van der Waals surface area contributed by atoms with E-state index in [1.807, 2.05) is 12.1 Å². The molecule has 0 aliphatic heterocycles. The molecule has 0 saturated heterocycles. The average molecular weight is 351 g/mol. The van der Waals surface area contributed by atoms with Gasteiger partial charge < -0.3 is 5.11 Å².